The monoisotopic (exact) mass is 389 g/mol. The van der Waals surface area contributed by atoms with Crippen LogP contribution in [-0.2, 0) is 4.79 Å². The molecule has 1 unspecified atom stereocenters. The van der Waals surface area contributed by atoms with E-state index in [0.717, 1.165) is 6.07 Å². The van der Waals surface area contributed by atoms with E-state index in [4.69, 9.17) is 11.6 Å². The van der Waals surface area contributed by atoms with E-state index in [1.165, 1.54) is 16.7 Å². The number of benzene rings is 2. The van der Waals surface area contributed by atoms with Crippen LogP contribution < -0.4 is 0 Å². The zero-order valence-electron chi connectivity index (χ0n) is 14.7. The summed E-state index contributed by atoms with van der Waals surface area (Å²) >= 11 is 5.97. The van der Waals surface area contributed by atoms with Gasteiger partial charge < -0.3 is 10.2 Å². The summed E-state index contributed by atoms with van der Waals surface area (Å²) in [4.78, 5) is 24.8. The van der Waals surface area contributed by atoms with E-state index in [9.17, 15) is 24.2 Å². The largest absolute Gasteiger partial charge is 0.505 e. The zero-order valence-corrected chi connectivity index (χ0v) is 15.4. The molecule has 2 N–H and O–H groups in total. The first kappa shape index (κ1) is 18.9. The summed E-state index contributed by atoms with van der Waals surface area (Å²) in [6.07, 6.45) is 0.204. The molecule has 1 aromatic heterocycles. The Kier molecular flexibility index (Phi) is 4.93. The van der Waals surface area contributed by atoms with E-state index in [0.29, 0.717) is 10.7 Å². The Balaban J connectivity index is 2.38. The van der Waals surface area contributed by atoms with Crippen molar-refractivity contribution < 1.29 is 24.2 Å². The third-order valence-corrected chi connectivity index (χ3v) is 4.90. The van der Waals surface area contributed by atoms with Gasteiger partial charge in [-0.25, -0.2) is 4.39 Å². The molecule has 1 atom stereocenters. The van der Waals surface area contributed by atoms with Crippen molar-refractivity contribution >= 4 is 34.4 Å². The second-order valence-corrected chi connectivity index (χ2v) is 6.68. The quantitative estimate of drug-likeness (QED) is 0.677. The van der Waals surface area contributed by atoms with Crippen molar-refractivity contribution in [3.8, 4) is 5.75 Å². The lowest BCUT2D eigenvalue weighted by Crippen LogP contribution is -2.16. The highest BCUT2D eigenvalue weighted by molar-refractivity contribution is 6.31. The molecule has 0 saturated heterocycles. The summed E-state index contributed by atoms with van der Waals surface area (Å²) in [7, 11) is 0. The maximum Gasteiger partial charge on any atom is 0.311 e. The number of phenols is 1. The van der Waals surface area contributed by atoms with Crippen LogP contribution in [0.5, 0.6) is 5.75 Å². The first-order valence-electron chi connectivity index (χ1n) is 8.33. The Morgan fingerprint density at radius 2 is 1.96 bits per heavy atom. The van der Waals surface area contributed by atoms with Gasteiger partial charge in [0.2, 0.25) is 0 Å². The number of aromatic nitrogens is 1. The minimum absolute atomic E-state index is 0.0582. The number of rotatable bonds is 4. The number of hydrogen-bond acceptors (Lipinski definition) is 3. The molecule has 0 bridgehead atoms. The number of halogens is 2. The van der Waals surface area contributed by atoms with Crippen molar-refractivity contribution in [3.63, 3.8) is 0 Å². The van der Waals surface area contributed by atoms with Crippen molar-refractivity contribution in [2.45, 2.75) is 26.2 Å². The minimum atomic E-state index is -1.13. The Morgan fingerprint density at radius 1 is 1.26 bits per heavy atom. The Morgan fingerprint density at radius 3 is 2.56 bits per heavy atom. The van der Waals surface area contributed by atoms with Gasteiger partial charge in [0.05, 0.1) is 11.4 Å². The van der Waals surface area contributed by atoms with Crippen LogP contribution in [-0.4, -0.2) is 26.7 Å². The zero-order chi connectivity index (χ0) is 19.9. The third-order valence-electron chi connectivity index (χ3n) is 4.66. The standard InChI is InChI=1S/C20H17ClFNO4/c1-3-13(20(26)27)16-10(2)23(14-7-8-15(24)18(22)17(14)16)19(25)11-5-4-6-12(21)9-11/h4-9,13,24H,3H2,1-2H3,(H,26,27). The number of phenolic OH excluding ortho intramolecular Hbond substituents is 1. The molecule has 0 aliphatic rings. The molecule has 3 rings (SSSR count). The van der Waals surface area contributed by atoms with Gasteiger partial charge in [-0.05, 0) is 49.2 Å². The van der Waals surface area contributed by atoms with Crippen molar-refractivity contribution in [2.24, 2.45) is 0 Å². The molecule has 0 radical (unpaired) electrons. The first-order chi connectivity index (χ1) is 12.8. The van der Waals surface area contributed by atoms with Gasteiger partial charge in [0, 0.05) is 21.7 Å². The summed E-state index contributed by atoms with van der Waals surface area (Å²) in [6, 6.07) is 8.85. The van der Waals surface area contributed by atoms with Crippen LogP contribution in [0.4, 0.5) is 4.39 Å². The smallest absolute Gasteiger partial charge is 0.311 e. The summed E-state index contributed by atoms with van der Waals surface area (Å²) in [5.74, 6) is -4.15. The molecule has 2 aromatic carbocycles. The summed E-state index contributed by atoms with van der Waals surface area (Å²) in [6.45, 7) is 3.24. The van der Waals surface area contributed by atoms with Crippen molar-refractivity contribution in [1.82, 2.24) is 4.57 Å². The highest BCUT2D eigenvalue weighted by Crippen LogP contribution is 2.38. The molecule has 27 heavy (non-hydrogen) atoms. The Labute approximate surface area is 159 Å². The van der Waals surface area contributed by atoms with Crippen LogP contribution in [0, 0.1) is 12.7 Å². The van der Waals surface area contributed by atoms with Crippen molar-refractivity contribution in [3.05, 3.63) is 64.1 Å². The molecule has 3 aromatic rings. The van der Waals surface area contributed by atoms with Gasteiger partial charge in [0.1, 0.15) is 0 Å². The number of carboxylic acids is 1. The minimum Gasteiger partial charge on any atom is -0.505 e. The predicted octanol–water partition coefficient (Wildman–Crippen LogP) is 4.71. The predicted molar refractivity (Wildman–Crippen MR) is 100 cm³/mol. The SMILES string of the molecule is CCC(C(=O)O)c1c(C)n(C(=O)c2cccc(Cl)c2)c2ccc(O)c(F)c12. The summed E-state index contributed by atoms with van der Waals surface area (Å²) in [5, 5.41) is 19.7. The fraction of sp³-hybridized carbons (Fsp3) is 0.200. The number of nitrogens with zero attached hydrogens (tertiary/aromatic N) is 1. The van der Waals surface area contributed by atoms with Crippen LogP contribution in [0.2, 0.25) is 5.02 Å². The molecule has 0 saturated carbocycles. The lowest BCUT2D eigenvalue weighted by atomic mass is 9.93. The van der Waals surface area contributed by atoms with Crippen LogP contribution in [0.3, 0.4) is 0 Å². The van der Waals surface area contributed by atoms with E-state index >= 15 is 0 Å². The Bertz CT molecular complexity index is 1070. The number of carbonyl (C=O) groups is 2. The van der Waals surface area contributed by atoms with E-state index in [1.54, 1.807) is 32.0 Å². The molecule has 7 heteroatoms. The van der Waals surface area contributed by atoms with Crippen molar-refractivity contribution in [2.75, 3.05) is 0 Å². The highest BCUT2D eigenvalue weighted by Gasteiger charge is 2.30. The van der Waals surface area contributed by atoms with Gasteiger partial charge in [-0.2, -0.15) is 0 Å². The lowest BCUT2D eigenvalue weighted by molar-refractivity contribution is -0.138. The van der Waals surface area contributed by atoms with E-state index in [-0.39, 0.29) is 28.5 Å². The summed E-state index contributed by atoms with van der Waals surface area (Å²) in [5.41, 5.74) is 0.978. The van der Waals surface area contributed by atoms with E-state index < -0.39 is 29.4 Å². The molecule has 0 fully saturated rings. The highest BCUT2D eigenvalue weighted by atomic mass is 35.5. The van der Waals surface area contributed by atoms with E-state index in [1.807, 2.05) is 0 Å². The number of hydrogen-bond donors (Lipinski definition) is 2. The number of carbonyl (C=O) groups excluding carboxylic acids is 1. The van der Waals surface area contributed by atoms with Gasteiger partial charge in [0.15, 0.2) is 11.6 Å². The molecular formula is C20H17ClFNO4. The van der Waals surface area contributed by atoms with Crippen LogP contribution in [0.15, 0.2) is 36.4 Å². The molecule has 0 aliphatic carbocycles. The average Bonchev–Trinajstić information content (AvgIpc) is 2.91. The normalized spacial score (nSPS) is 12.3. The maximum absolute atomic E-state index is 14.8. The molecule has 140 valence electrons. The van der Waals surface area contributed by atoms with Gasteiger partial charge in [-0.3, -0.25) is 14.2 Å². The molecule has 0 spiro atoms. The number of fused-ring (bicyclic) bond motifs is 1. The van der Waals surface area contributed by atoms with Crippen molar-refractivity contribution in [1.29, 1.82) is 0 Å². The average molecular weight is 390 g/mol. The Hall–Kier alpha value is -2.86. The van der Waals surface area contributed by atoms with Gasteiger partial charge in [-0.1, -0.05) is 24.6 Å². The topological polar surface area (TPSA) is 79.5 Å². The van der Waals surface area contributed by atoms with Gasteiger partial charge >= 0.3 is 5.97 Å². The fourth-order valence-electron chi connectivity index (χ4n) is 3.42. The van der Waals surface area contributed by atoms with Crippen LogP contribution in [0.1, 0.15) is 40.9 Å². The number of aromatic hydroxyl groups is 1. The van der Waals surface area contributed by atoms with Crippen LogP contribution in [0.25, 0.3) is 10.9 Å². The maximum atomic E-state index is 14.8. The molecule has 5 nitrogen and oxygen atoms in total. The third kappa shape index (κ3) is 3.06. The van der Waals surface area contributed by atoms with E-state index in [2.05, 4.69) is 0 Å². The first-order valence-corrected chi connectivity index (χ1v) is 8.71. The summed E-state index contributed by atoms with van der Waals surface area (Å²) < 4.78 is 16.0. The number of carboxylic acid groups (broad SMARTS) is 1. The van der Waals surface area contributed by atoms with Gasteiger partial charge in [-0.15, -0.1) is 0 Å². The lowest BCUT2D eigenvalue weighted by Gasteiger charge is -2.12. The second kappa shape index (κ2) is 7.04. The second-order valence-electron chi connectivity index (χ2n) is 6.24. The van der Waals surface area contributed by atoms with Gasteiger partial charge in [0.25, 0.3) is 5.91 Å². The number of aliphatic carboxylic acids is 1. The van der Waals surface area contributed by atoms with Crippen LogP contribution >= 0.6 is 11.6 Å². The molecule has 0 amide bonds. The fourth-order valence-corrected chi connectivity index (χ4v) is 3.61. The molecule has 1 heterocycles. The molecule has 0 aliphatic heterocycles. The molecular weight excluding hydrogens is 373 g/mol.